The van der Waals surface area contributed by atoms with Crippen LogP contribution in [0.5, 0.6) is 0 Å². The maximum Gasteiger partial charge on any atom is 0.107 e. The number of aromatic amines is 1. The Morgan fingerprint density at radius 3 is 1.80 bits per heavy atom. The SMILES string of the molecule is CC(C)(Cc1c(NC2CC(C)(C)NC(C)(C)C2)[nH]c2ccccc12)NC1CC(C)(C)NC(C)(C)C1. The Labute approximate surface area is 214 Å². The Hall–Kier alpha value is -1.56. The van der Waals surface area contributed by atoms with E-state index >= 15 is 0 Å². The van der Waals surface area contributed by atoms with Gasteiger partial charge in [-0.3, -0.25) is 0 Å². The number of rotatable bonds is 6. The van der Waals surface area contributed by atoms with Crippen LogP contribution in [0.2, 0.25) is 0 Å². The van der Waals surface area contributed by atoms with E-state index in [0.29, 0.717) is 12.1 Å². The number of hydrogen-bond donors (Lipinski definition) is 5. The van der Waals surface area contributed by atoms with Crippen molar-refractivity contribution in [1.29, 1.82) is 0 Å². The molecule has 0 aliphatic carbocycles. The number of piperidine rings is 2. The van der Waals surface area contributed by atoms with Crippen LogP contribution in [0.4, 0.5) is 5.82 Å². The first-order valence-corrected chi connectivity index (χ1v) is 13.7. The van der Waals surface area contributed by atoms with E-state index in [2.05, 4.69) is 120 Å². The molecule has 1 aromatic heterocycles. The van der Waals surface area contributed by atoms with E-state index in [4.69, 9.17) is 0 Å². The average Bonchev–Trinajstić information content (AvgIpc) is 2.92. The molecule has 2 aliphatic rings. The lowest BCUT2D eigenvalue weighted by Crippen LogP contribution is -2.64. The molecule has 2 aromatic rings. The van der Waals surface area contributed by atoms with E-state index in [0.717, 1.165) is 32.1 Å². The van der Waals surface area contributed by atoms with Crippen molar-refractivity contribution in [1.82, 2.24) is 20.9 Å². The normalized spacial score (nSPS) is 24.5. The van der Waals surface area contributed by atoms with Gasteiger partial charge in [0.05, 0.1) is 0 Å². The molecule has 5 nitrogen and oxygen atoms in total. The molecule has 35 heavy (non-hydrogen) atoms. The summed E-state index contributed by atoms with van der Waals surface area (Å²) in [5, 5.41) is 17.0. The number of para-hydroxylation sites is 1. The number of hydrogen-bond acceptors (Lipinski definition) is 4. The predicted octanol–water partition coefficient (Wildman–Crippen LogP) is 6.11. The molecule has 1 aromatic carbocycles. The molecule has 5 heteroatoms. The summed E-state index contributed by atoms with van der Waals surface area (Å²) in [6.07, 6.45) is 5.45. The second-order valence-electron chi connectivity index (χ2n) is 14.9. The summed E-state index contributed by atoms with van der Waals surface area (Å²) in [5.41, 5.74) is 3.09. The Kier molecular flexibility index (Phi) is 6.65. The summed E-state index contributed by atoms with van der Waals surface area (Å²) >= 11 is 0. The van der Waals surface area contributed by atoms with Crippen molar-refractivity contribution in [3.63, 3.8) is 0 Å². The first-order chi connectivity index (χ1) is 15.9. The van der Waals surface area contributed by atoms with Crippen LogP contribution in [0.3, 0.4) is 0 Å². The molecule has 5 N–H and O–H groups in total. The number of H-pyrrole nitrogens is 1. The van der Waals surface area contributed by atoms with Gasteiger partial charge in [-0.05, 0) is 107 Å². The Balaban J connectivity index is 1.58. The van der Waals surface area contributed by atoms with Crippen molar-refractivity contribution in [2.24, 2.45) is 0 Å². The fourth-order valence-corrected chi connectivity index (χ4v) is 7.61. The van der Waals surface area contributed by atoms with Crippen LogP contribution in [0.15, 0.2) is 24.3 Å². The standard InChI is InChI=1S/C30H51N5/c1-26(2,33-21-17-29(7,8)35-30(9,10)18-21)19-23-22-13-11-12-14-24(22)32-25(23)31-20-15-27(3,4)34-28(5,6)16-20/h11-14,20-21,31-35H,15-19H2,1-10H3. The molecule has 3 heterocycles. The molecule has 2 fully saturated rings. The largest absolute Gasteiger partial charge is 0.369 e. The van der Waals surface area contributed by atoms with Crippen LogP contribution in [0, 0.1) is 0 Å². The van der Waals surface area contributed by atoms with Gasteiger partial charge < -0.3 is 26.3 Å². The predicted molar refractivity (Wildman–Crippen MR) is 151 cm³/mol. The number of fused-ring (bicyclic) bond motifs is 1. The lowest BCUT2D eigenvalue weighted by atomic mass is 9.78. The molecule has 0 amide bonds. The van der Waals surface area contributed by atoms with E-state index in [1.165, 1.54) is 22.3 Å². The molecule has 4 rings (SSSR count). The first-order valence-electron chi connectivity index (χ1n) is 13.7. The van der Waals surface area contributed by atoms with Crippen molar-refractivity contribution in [2.75, 3.05) is 5.32 Å². The first kappa shape index (κ1) is 26.5. The van der Waals surface area contributed by atoms with E-state index in [1.54, 1.807) is 0 Å². The smallest absolute Gasteiger partial charge is 0.107 e. The van der Waals surface area contributed by atoms with E-state index < -0.39 is 0 Å². The van der Waals surface area contributed by atoms with Crippen LogP contribution in [0.1, 0.15) is 100 Å². The zero-order valence-corrected chi connectivity index (χ0v) is 24.0. The molecular formula is C30H51N5. The van der Waals surface area contributed by atoms with Gasteiger partial charge in [0.1, 0.15) is 5.82 Å². The summed E-state index contributed by atoms with van der Waals surface area (Å²) in [7, 11) is 0. The van der Waals surface area contributed by atoms with Crippen LogP contribution in [-0.2, 0) is 6.42 Å². The quantitative estimate of drug-likeness (QED) is 0.345. The fourth-order valence-electron chi connectivity index (χ4n) is 7.61. The minimum Gasteiger partial charge on any atom is -0.369 e. The number of anilines is 1. The van der Waals surface area contributed by atoms with Crippen LogP contribution in [0.25, 0.3) is 10.9 Å². The highest BCUT2D eigenvalue weighted by atomic mass is 15.1. The lowest BCUT2D eigenvalue weighted by molar-refractivity contribution is 0.128. The zero-order valence-electron chi connectivity index (χ0n) is 24.0. The number of nitrogens with one attached hydrogen (secondary N) is 5. The molecule has 0 bridgehead atoms. The van der Waals surface area contributed by atoms with Crippen molar-refractivity contribution in [3.8, 4) is 0 Å². The topological polar surface area (TPSA) is 63.9 Å². The molecule has 2 saturated heterocycles. The second kappa shape index (κ2) is 8.78. The summed E-state index contributed by atoms with van der Waals surface area (Å²) in [6.45, 7) is 23.4. The Bertz CT molecular complexity index is 1010. The van der Waals surface area contributed by atoms with Crippen molar-refractivity contribution < 1.29 is 0 Å². The van der Waals surface area contributed by atoms with Gasteiger partial charge in [0.15, 0.2) is 0 Å². The van der Waals surface area contributed by atoms with Crippen molar-refractivity contribution in [3.05, 3.63) is 29.8 Å². The summed E-state index contributed by atoms with van der Waals surface area (Å²) < 4.78 is 0. The summed E-state index contributed by atoms with van der Waals surface area (Å²) in [6, 6.07) is 9.69. The molecule has 0 saturated carbocycles. The van der Waals surface area contributed by atoms with Gasteiger partial charge in [-0.2, -0.15) is 0 Å². The van der Waals surface area contributed by atoms with Gasteiger partial charge in [0.25, 0.3) is 0 Å². The molecule has 196 valence electrons. The molecule has 0 radical (unpaired) electrons. The molecule has 0 unspecified atom stereocenters. The monoisotopic (exact) mass is 481 g/mol. The highest BCUT2D eigenvalue weighted by molar-refractivity contribution is 5.89. The maximum atomic E-state index is 4.07. The third-order valence-corrected chi connectivity index (χ3v) is 7.76. The third-order valence-electron chi connectivity index (χ3n) is 7.76. The minimum atomic E-state index is -0.0256. The van der Waals surface area contributed by atoms with Gasteiger partial charge in [-0.1, -0.05) is 18.2 Å². The van der Waals surface area contributed by atoms with Gasteiger partial charge in [0.2, 0.25) is 0 Å². The van der Waals surface area contributed by atoms with Gasteiger partial charge in [-0.15, -0.1) is 0 Å². The molecule has 0 atom stereocenters. The van der Waals surface area contributed by atoms with Crippen LogP contribution in [-0.4, -0.2) is 44.8 Å². The summed E-state index contributed by atoms with van der Waals surface area (Å²) in [5.74, 6) is 1.20. The maximum absolute atomic E-state index is 4.07. The van der Waals surface area contributed by atoms with E-state index in [1.807, 2.05) is 0 Å². The number of aromatic nitrogens is 1. The summed E-state index contributed by atoms with van der Waals surface area (Å²) in [4.78, 5) is 3.75. The fraction of sp³-hybridized carbons (Fsp3) is 0.733. The minimum absolute atomic E-state index is 0.0256. The Morgan fingerprint density at radius 2 is 1.26 bits per heavy atom. The Morgan fingerprint density at radius 1 is 0.771 bits per heavy atom. The highest BCUT2D eigenvalue weighted by Gasteiger charge is 2.40. The van der Waals surface area contributed by atoms with E-state index in [9.17, 15) is 0 Å². The molecular weight excluding hydrogens is 430 g/mol. The highest BCUT2D eigenvalue weighted by Crippen LogP contribution is 2.36. The van der Waals surface area contributed by atoms with Gasteiger partial charge in [-0.25, -0.2) is 0 Å². The van der Waals surface area contributed by atoms with E-state index in [-0.39, 0.29) is 27.7 Å². The van der Waals surface area contributed by atoms with Crippen molar-refractivity contribution in [2.45, 2.75) is 141 Å². The van der Waals surface area contributed by atoms with Crippen LogP contribution >= 0.6 is 0 Å². The third kappa shape index (κ3) is 6.61. The molecule has 0 spiro atoms. The van der Waals surface area contributed by atoms with Gasteiger partial charge in [0, 0.05) is 56.2 Å². The molecule has 2 aliphatic heterocycles. The van der Waals surface area contributed by atoms with Gasteiger partial charge >= 0.3 is 0 Å². The lowest BCUT2D eigenvalue weighted by Gasteiger charge is -2.48. The number of benzene rings is 1. The zero-order chi connectivity index (χ0) is 25.9. The van der Waals surface area contributed by atoms with Crippen LogP contribution < -0.4 is 21.3 Å². The second-order valence-corrected chi connectivity index (χ2v) is 14.9. The van der Waals surface area contributed by atoms with Crippen molar-refractivity contribution >= 4 is 16.7 Å². The average molecular weight is 482 g/mol.